The molecule has 0 spiro atoms. The highest BCUT2D eigenvalue weighted by Gasteiger charge is 2.37. The molecular formula is C14H25N7. The van der Waals surface area contributed by atoms with E-state index in [0.717, 1.165) is 44.0 Å². The van der Waals surface area contributed by atoms with Gasteiger partial charge in [-0.2, -0.15) is 15.0 Å². The van der Waals surface area contributed by atoms with Crippen molar-refractivity contribution >= 4 is 17.8 Å². The maximum Gasteiger partial charge on any atom is 0.243 e. The molecule has 1 aromatic rings. The lowest BCUT2D eigenvalue weighted by Crippen LogP contribution is -2.29. The first kappa shape index (κ1) is 14.3. The highest BCUT2D eigenvalue weighted by atomic mass is 15.4. The molecular weight excluding hydrogens is 266 g/mol. The van der Waals surface area contributed by atoms with E-state index in [1.165, 1.54) is 19.3 Å². The fraction of sp³-hybridized carbons (Fsp3) is 0.786. The third-order valence-corrected chi connectivity index (χ3v) is 4.80. The molecule has 21 heavy (non-hydrogen) atoms. The first-order valence-electron chi connectivity index (χ1n) is 7.97. The monoisotopic (exact) mass is 291 g/mol. The van der Waals surface area contributed by atoms with Crippen LogP contribution in [0, 0.1) is 11.8 Å². The Morgan fingerprint density at radius 1 is 1.14 bits per heavy atom. The van der Waals surface area contributed by atoms with Gasteiger partial charge in [-0.15, -0.1) is 0 Å². The molecule has 0 aromatic carbocycles. The van der Waals surface area contributed by atoms with Crippen molar-refractivity contribution in [2.75, 3.05) is 41.4 Å². The van der Waals surface area contributed by atoms with Gasteiger partial charge in [-0.05, 0) is 38.5 Å². The Morgan fingerprint density at radius 3 is 2.38 bits per heavy atom. The summed E-state index contributed by atoms with van der Waals surface area (Å²) in [7, 11) is 0. The summed E-state index contributed by atoms with van der Waals surface area (Å²) in [6, 6.07) is 0. The molecule has 3 rings (SSSR count). The van der Waals surface area contributed by atoms with E-state index in [1.807, 2.05) is 0 Å². The molecule has 2 atom stereocenters. The van der Waals surface area contributed by atoms with Gasteiger partial charge in [-0.1, -0.05) is 6.42 Å². The molecule has 7 nitrogen and oxygen atoms in total. The van der Waals surface area contributed by atoms with E-state index in [9.17, 15) is 0 Å². The molecule has 2 unspecified atom stereocenters. The summed E-state index contributed by atoms with van der Waals surface area (Å²) in [4.78, 5) is 17.9. The second-order valence-corrected chi connectivity index (χ2v) is 5.93. The van der Waals surface area contributed by atoms with Crippen molar-refractivity contribution in [2.24, 2.45) is 17.7 Å². The van der Waals surface area contributed by atoms with Gasteiger partial charge in [0.1, 0.15) is 0 Å². The van der Waals surface area contributed by atoms with Crippen LogP contribution < -0.4 is 21.1 Å². The van der Waals surface area contributed by atoms with Gasteiger partial charge in [0.15, 0.2) is 0 Å². The minimum atomic E-state index is 0.443. The molecule has 1 aliphatic heterocycles. The van der Waals surface area contributed by atoms with Gasteiger partial charge in [0.05, 0.1) is 0 Å². The summed E-state index contributed by atoms with van der Waals surface area (Å²) in [5.41, 5.74) is 2.57. The zero-order valence-electron chi connectivity index (χ0n) is 12.9. The average molecular weight is 291 g/mol. The van der Waals surface area contributed by atoms with Crippen LogP contribution in [0.15, 0.2) is 0 Å². The van der Waals surface area contributed by atoms with Gasteiger partial charge in [0.25, 0.3) is 0 Å². The fourth-order valence-corrected chi connectivity index (χ4v) is 3.61. The molecule has 0 amide bonds. The first-order chi connectivity index (χ1) is 10.2. The smallest absolute Gasteiger partial charge is 0.243 e. The lowest BCUT2D eigenvalue weighted by atomic mass is 10.0. The van der Waals surface area contributed by atoms with Gasteiger partial charge in [-0.3, -0.25) is 5.43 Å². The number of hydrogen-bond donors (Lipinski definition) is 2. The van der Waals surface area contributed by atoms with E-state index < -0.39 is 0 Å². The van der Waals surface area contributed by atoms with Crippen molar-refractivity contribution in [1.29, 1.82) is 0 Å². The van der Waals surface area contributed by atoms with E-state index in [2.05, 4.69) is 44.0 Å². The maximum absolute atomic E-state index is 5.52. The summed E-state index contributed by atoms with van der Waals surface area (Å²) in [6.45, 7) is 8.07. The molecule has 1 aromatic heterocycles. The largest absolute Gasteiger partial charge is 0.341 e. The van der Waals surface area contributed by atoms with Gasteiger partial charge >= 0.3 is 0 Å². The van der Waals surface area contributed by atoms with E-state index in [-0.39, 0.29) is 0 Å². The van der Waals surface area contributed by atoms with E-state index in [4.69, 9.17) is 5.84 Å². The van der Waals surface area contributed by atoms with Gasteiger partial charge in [0, 0.05) is 26.2 Å². The van der Waals surface area contributed by atoms with Gasteiger partial charge in [0.2, 0.25) is 17.8 Å². The Kier molecular flexibility index (Phi) is 4.10. The molecule has 1 aliphatic carbocycles. The lowest BCUT2D eigenvalue weighted by Gasteiger charge is -2.22. The number of hydrazine groups is 1. The number of anilines is 3. The molecule has 0 bridgehead atoms. The number of nitrogens with zero attached hydrogens (tertiary/aromatic N) is 5. The Hall–Kier alpha value is -1.63. The summed E-state index contributed by atoms with van der Waals surface area (Å²) in [6.07, 6.45) is 4.06. The Labute approximate surface area is 125 Å². The van der Waals surface area contributed by atoms with Crippen LogP contribution in [-0.2, 0) is 0 Å². The third-order valence-electron chi connectivity index (χ3n) is 4.80. The molecule has 116 valence electrons. The van der Waals surface area contributed by atoms with Crippen LogP contribution in [-0.4, -0.2) is 41.1 Å². The fourth-order valence-electron chi connectivity index (χ4n) is 3.61. The van der Waals surface area contributed by atoms with Gasteiger partial charge < -0.3 is 9.80 Å². The number of nitrogens with one attached hydrogen (secondary N) is 1. The van der Waals surface area contributed by atoms with Crippen LogP contribution in [0.25, 0.3) is 0 Å². The summed E-state index contributed by atoms with van der Waals surface area (Å²) in [5, 5.41) is 0. The normalized spacial score (nSPS) is 24.2. The zero-order chi connectivity index (χ0) is 14.8. The topological polar surface area (TPSA) is 83.2 Å². The number of rotatable bonds is 5. The van der Waals surface area contributed by atoms with Crippen molar-refractivity contribution < 1.29 is 0 Å². The van der Waals surface area contributed by atoms with Crippen LogP contribution in [0.2, 0.25) is 0 Å². The summed E-state index contributed by atoms with van der Waals surface area (Å²) < 4.78 is 0. The molecule has 7 heteroatoms. The molecule has 1 saturated carbocycles. The molecule has 1 saturated heterocycles. The van der Waals surface area contributed by atoms with Crippen LogP contribution in [0.1, 0.15) is 33.1 Å². The SMILES string of the molecule is CCN(CC)c1nc(NN)nc(N2CC3CCCC3C2)n1. The van der Waals surface area contributed by atoms with Gasteiger partial charge in [-0.25, -0.2) is 5.84 Å². The lowest BCUT2D eigenvalue weighted by molar-refractivity contribution is 0.494. The first-order valence-corrected chi connectivity index (χ1v) is 7.97. The second kappa shape index (κ2) is 6.01. The number of nitrogens with two attached hydrogens (primary N) is 1. The maximum atomic E-state index is 5.52. The predicted molar refractivity (Wildman–Crippen MR) is 84.2 cm³/mol. The molecule has 2 fully saturated rings. The second-order valence-electron chi connectivity index (χ2n) is 5.93. The van der Waals surface area contributed by atoms with Crippen LogP contribution in [0.4, 0.5) is 17.8 Å². The third kappa shape index (κ3) is 2.74. The van der Waals surface area contributed by atoms with E-state index in [0.29, 0.717) is 11.9 Å². The number of hydrogen-bond acceptors (Lipinski definition) is 7. The van der Waals surface area contributed by atoms with E-state index >= 15 is 0 Å². The quantitative estimate of drug-likeness (QED) is 0.623. The van der Waals surface area contributed by atoms with E-state index in [1.54, 1.807) is 0 Å². The minimum absolute atomic E-state index is 0.443. The number of fused-ring (bicyclic) bond motifs is 1. The van der Waals surface area contributed by atoms with Crippen molar-refractivity contribution in [3.63, 3.8) is 0 Å². The van der Waals surface area contributed by atoms with Crippen LogP contribution >= 0.6 is 0 Å². The summed E-state index contributed by atoms with van der Waals surface area (Å²) >= 11 is 0. The average Bonchev–Trinajstić information content (AvgIpc) is 3.09. The minimum Gasteiger partial charge on any atom is -0.341 e. The molecule has 2 aliphatic rings. The van der Waals surface area contributed by atoms with Crippen molar-refractivity contribution in [1.82, 2.24) is 15.0 Å². The van der Waals surface area contributed by atoms with Crippen molar-refractivity contribution in [3.05, 3.63) is 0 Å². The highest BCUT2D eigenvalue weighted by Crippen LogP contribution is 2.38. The predicted octanol–water partition coefficient (Wildman–Crippen LogP) is 1.24. The Bertz CT molecular complexity index is 476. The summed E-state index contributed by atoms with van der Waals surface area (Å²) in [5.74, 6) is 9.05. The van der Waals surface area contributed by atoms with Crippen molar-refractivity contribution in [3.8, 4) is 0 Å². The number of nitrogen functional groups attached to an aromatic ring is 1. The Balaban J connectivity index is 1.86. The van der Waals surface area contributed by atoms with Crippen LogP contribution in [0.5, 0.6) is 0 Å². The van der Waals surface area contributed by atoms with Crippen LogP contribution in [0.3, 0.4) is 0 Å². The standard InChI is InChI=1S/C14H25N7/c1-3-20(4-2)13-16-12(19-15)17-14(18-13)21-8-10-6-5-7-11(10)9-21/h10-11H,3-9,15H2,1-2H3,(H,16,17,18,19). The van der Waals surface area contributed by atoms with Crippen molar-refractivity contribution in [2.45, 2.75) is 33.1 Å². The zero-order valence-corrected chi connectivity index (χ0v) is 12.9. The Morgan fingerprint density at radius 2 is 1.81 bits per heavy atom. The number of aromatic nitrogens is 3. The molecule has 3 N–H and O–H groups in total. The highest BCUT2D eigenvalue weighted by molar-refractivity contribution is 5.45. The molecule has 0 radical (unpaired) electrons. The molecule has 2 heterocycles.